The second-order valence-electron chi connectivity index (χ2n) is 7.49. The topological polar surface area (TPSA) is 62.0 Å². The van der Waals surface area contributed by atoms with Crippen LogP contribution in [0.15, 0.2) is 52.1 Å². The zero-order valence-electron chi connectivity index (χ0n) is 17.5. The molecule has 1 aliphatic heterocycles. The molecule has 0 aliphatic carbocycles. The van der Waals surface area contributed by atoms with Crippen molar-refractivity contribution in [3.8, 4) is 0 Å². The van der Waals surface area contributed by atoms with E-state index in [1.54, 1.807) is 13.3 Å². The molecule has 6 nitrogen and oxygen atoms in total. The summed E-state index contributed by atoms with van der Waals surface area (Å²) in [4.78, 5) is 6.84. The molecule has 1 saturated heterocycles. The number of likely N-dealkylation sites (tertiary alicyclic amines) is 1. The Morgan fingerprint density at radius 1 is 1.07 bits per heavy atom. The quantitative estimate of drug-likeness (QED) is 0.364. The van der Waals surface area contributed by atoms with Gasteiger partial charge in [0.15, 0.2) is 5.96 Å². The van der Waals surface area contributed by atoms with Gasteiger partial charge in [-0.15, -0.1) is 0 Å². The number of hydrogen-bond acceptors (Lipinski definition) is 4. The molecule has 0 radical (unpaired) electrons. The van der Waals surface area contributed by atoms with E-state index in [4.69, 9.17) is 9.15 Å². The van der Waals surface area contributed by atoms with Crippen molar-refractivity contribution in [3.05, 3.63) is 59.5 Å². The van der Waals surface area contributed by atoms with E-state index >= 15 is 0 Å². The van der Waals surface area contributed by atoms with Gasteiger partial charge < -0.3 is 19.8 Å². The Bertz CT molecular complexity index is 707. The van der Waals surface area contributed by atoms with Crippen molar-refractivity contribution >= 4 is 5.96 Å². The van der Waals surface area contributed by atoms with Crippen molar-refractivity contribution in [2.45, 2.75) is 45.4 Å². The number of nitrogens with zero attached hydrogens (tertiary/aromatic N) is 2. The molecule has 29 heavy (non-hydrogen) atoms. The third-order valence-electron chi connectivity index (χ3n) is 5.14. The lowest BCUT2D eigenvalue weighted by Crippen LogP contribution is -2.37. The van der Waals surface area contributed by atoms with E-state index in [9.17, 15) is 0 Å². The molecule has 1 aromatic heterocycles. The molecule has 1 aromatic carbocycles. The minimum absolute atomic E-state index is 0.522. The van der Waals surface area contributed by atoms with Gasteiger partial charge in [0.1, 0.15) is 12.4 Å². The molecule has 0 atom stereocenters. The number of benzene rings is 1. The van der Waals surface area contributed by atoms with Crippen LogP contribution < -0.4 is 10.6 Å². The molecule has 2 aromatic rings. The smallest absolute Gasteiger partial charge is 0.191 e. The fourth-order valence-corrected chi connectivity index (χ4v) is 3.49. The van der Waals surface area contributed by atoms with Gasteiger partial charge >= 0.3 is 0 Å². The normalized spacial score (nSPS) is 15.4. The van der Waals surface area contributed by atoms with Crippen molar-refractivity contribution in [1.82, 2.24) is 15.5 Å². The van der Waals surface area contributed by atoms with Crippen LogP contribution in [0, 0.1) is 0 Å². The van der Waals surface area contributed by atoms with Gasteiger partial charge in [-0.1, -0.05) is 30.7 Å². The summed E-state index contributed by atoms with van der Waals surface area (Å²) in [6, 6.07) is 12.7. The van der Waals surface area contributed by atoms with Crippen molar-refractivity contribution in [3.63, 3.8) is 0 Å². The summed E-state index contributed by atoms with van der Waals surface area (Å²) < 4.78 is 10.8. The minimum atomic E-state index is 0.522. The third kappa shape index (κ3) is 7.91. The number of ether oxygens (including phenoxy) is 1. The largest absolute Gasteiger partial charge is 0.467 e. The number of aliphatic imine (C=N–C) groups is 1. The van der Waals surface area contributed by atoms with Gasteiger partial charge in [-0.2, -0.15) is 0 Å². The maximum atomic E-state index is 5.59. The minimum Gasteiger partial charge on any atom is -0.467 e. The predicted octanol–water partition coefficient (Wildman–Crippen LogP) is 3.54. The number of piperidine rings is 1. The summed E-state index contributed by atoms with van der Waals surface area (Å²) in [6.45, 7) is 6.32. The predicted molar refractivity (Wildman–Crippen MR) is 117 cm³/mol. The molecule has 0 unspecified atom stereocenters. The van der Waals surface area contributed by atoms with Gasteiger partial charge in [0, 0.05) is 33.3 Å². The second kappa shape index (κ2) is 12.3. The molecule has 0 bridgehead atoms. The Morgan fingerprint density at radius 2 is 1.86 bits per heavy atom. The van der Waals surface area contributed by atoms with E-state index in [1.165, 1.54) is 43.5 Å². The van der Waals surface area contributed by atoms with E-state index in [0.29, 0.717) is 13.2 Å². The molecule has 0 amide bonds. The zero-order valence-corrected chi connectivity index (χ0v) is 17.5. The molecule has 0 spiro atoms. The van der Waals surface area contributed by atoms with E-state index in [0.717, 1.165) is 37.8 Å². The van der Waals surface area contributed by atoms with Crippen LogP contribution in [0.4, 0.5) is 0 Å². The molecular formula is C23H34N4O2. The molecule has 3 rings (SSSR count). The summed E-state index contributed by atoms with van der Waals surface area (Å²) in [5, 5.41) is 6.70. The van der Waals surface area contributed by atoms with Crippen LogP contribution in [0.1, 0.15) is 42.6 Å². The second-order valence-corrected chi connectivity index (χ2v) is 7.49. The Balaban J connectivity index is 1.29. The molecule has 1 aliphatic rings. The first kappa shape index (κ1) is 21.4. The summed E-state index contributed by atoms with van der Waals surface area (Å²) in [5.41, 5.74) is 2.66. The van der Waals surface area contributed by atoms with Gasteiger partial charge in [-0.05, 0) is 55.6 Å². The molecule has 2 N–H and O–H groups in total. The van der Waals surface area contributed by atoms with Gasteiger partial charge in [-0.3, -0.25) is 9.89 Å². The maximum Gasteiger partial charge on any atom is 0.191 e. The van der Waals surface area contributed by atoms with Gasteiger partial charge in [0.25, 0.3) is 0 Å². The Hall–Kier alpha value is -2.31. The average Bonchev–Trinajstić information content (AvgIpc) is 3.28. The maximum absolute atomic E-state index is 5.59. The molecule has 158 valence electrons. The van der Waals surface area contributed by atoms with Crippen molar-refractivity contribution in [2.75, 3.05) is 33.3 Å². The number of rotatable bonds is 10. The first-order chi connectivity index (χ1) is 14.3. The standard InChI is InChI=1S/C23H34N4O2/c1-24-23(25-12-6-15-28-19-22-7-5-16-29-22)26-17-20-8-10-21(11-9-20)18-27-13-3-2-4-14-27/h5,7-11,16H,2-4,6,12-15,17-19H2,1H3,(H2,24,25,26). The number of furan rings is 1. The molecular weight excluding hydrogens is 364 g/mol. The molecule has 0 saturated carbocycles. The summed E-state index contributed by atoms with van der Waals surface area (Å²) in [6.07, 6.45) is 6.63. The number of nitrogens with one attached hydrogen (secondary N) is 2. The van der Waals surface area contributed by atoms with Crippen LogP contribution in [-0.4, -0.2) is 44.1 Å². The van der Waals surface area contributed by atoms with E-state index in [-0.39, 0.29) is 0 Å². The number of hydrogen-bond donors (Lipinski definition) is 2. The third-order valence-corrected chi connectivity index (χ3v) is 5.14. The van der Waals surface area contributed by atoms with Crippen molar-refractivity contribution in [2.24, 2.45) is 4.99 Å². The van der Waals surface area contributed by atoms with Crippen LogP contribution >= 0.6 is 0 Å². The van der Waals surface area contributed by atoms with Crippen LogP contribution in [0.5, 0.6) is 0 Å². The Labute approximate surface area is 174 Å². The summed E-state index contributed by atoms with van der Waals surface area (Å²) >= 11 is 0. The van der Waals surface area contributed by atoms with E-state index in [2.05, 4.69) is 44.8 Å². The first-order valence-electron chi connectivity index (χ1n) is 10.7. The highest BCUT2D eigenvalue weighted by Crippen LogP contribution is 2.13. The lowest BCUT2D eigenvalue weighted by Gasteiger charge is -2.26. The highest BCUT2D eigenvalue weighted by molar-refractivity contribution is 5.79. The lowest BCUT2D eigenvalue weighted by atomic mass is 10.1. The molecule has 6 heteroatoms. The van der Waals surface area contributed by atoms with Crippen LogP contribution in [0.25, 0.3) is 0 Å². The van der Waals surface area contributed by atoms with Gasteiger partial charge in [0.05, 0.1) is 6.26 Å². The van der Waals surface area contributed by atoms with Gasteiger partial charge in [-0.25, -0.2) is 0 Å². The van der Waals surface area contributed by atoms with E-state index < -0.39 is 0 Å². The van der Waals surface area contributed by atoms with Crippen LogP contribution in [-0.2, 0) is 24.4 Å². The fourth-order valence-electron chi connectivity index (χ4n) is 3.49. The van der Waals surface area contributed by atoms with Crippen molar-refractivity contribution in [1.29, 1.82) is 0 Å². The summed E-state index contributed by atoms with van der Waals surface area (Å²) in [5.74, 6) is 1.67. The SMILES string of the molecule is CN=C(NCCCOCc1ccco1)NCc1ccc(CN2CCCCC2)cc1. The van der Waals surface area contributed by atoms with Crippen LogP contribution in [0.2, 0.25) is 0 Å². The van der Waals surface area contributed by atoms with E-state index in [1.807, 2.05) is 12.1 Å². The lowest BCUT2D eigenvalue weighted by molar-refractivity contribution is 0.105. The average molecular weight is 399 g/mol. The Morgan fingerprint density at radius 3 is 2.59 bits per heavy atom. The monoisotopic (exact) mass is 398 g/mol. The Kier molecular flexibility index (Phi) is 9.07. The number of guanidine groups is 1. The van der Waals surface area contributed by atoms with Gasteiger partial charge in [0.2, 0.25) is 0 Å². The van der Waals surface area contributed by atoms with Crippen molar-refractivity contribution < 1.29 is 9.15 Å². The highest BCUT2D eigenvalue weighted by Gasteiger charge is 2.10. The molecule has 1 fully saturated rings. The highest BCUT2D eigenvalue weighted by atomic mass is 16.5. The zero-order chi connectivity index (χ0) is 20.2. The molecule has 2 heterocycles. The summed E-state index contributed by atoms with van der Waals surface area (Å²) in [7, 11) is 1.80. The van der Waals surface area contributed by atoms with Crippen LogP contribution in [0.3, 0.4) is 0 Å². The fraction of sp³-hybridized carbons (Fsp3) is 0.522. The first-order valence-corrected chi connectivity index (χ1v) is 10.7.